The number of allylic oxidation sites excluding steroid dienone is 1. The van der Waals surface area contributed by atoms with Crippen LogP contribution in [0.3, 0.4) is 0 Å². The number of ether oxygens (including phenoxy) is 2. The molecule has 8 heteroatoms. The number of nitrogens with one attached hydrogen (secondary N) is 1. The molecule has 0 spiro atoms. The van der Waals surface area contributed by atoms with Crippen LogP contribution in [-0.4, -0.2) is 37.6 Å². The average Bonchev–Trinajstić information content (AvgIpc) is 2.72. The lowest BCUT2D eigenvalue weighted by Crippen LogP contribution is -2.26. The van der Waals surface area contributed by atoms with Gasteiger partial charge in [-0.15, -0.1) is 0 Å². The average molecular weight is 473 g/mol. The number of carbonyl (C=O) groups excluding carboxylic acids is 2. The molecular weight excluding hydrogens is 449 g/mol. The van der Waals surface area contributed by atoms with Crippen LogP contribution >= 0.6 is 34.8 Å². The first-order valence-corrected chi connectivity index (χ1v) is 10.8. The van der Waals surface area contributed by atoms with E-state index in [4.69, 9.17) is 44.3 Å². The molecule has 0 radical (unpaired) electrons. The van der Waals surface area contributed by atoms with Gasteiger partial charge in [-0.05, 0) is 61.3 Å². The van der Waals surface area contributed by atoms with E-state index in [0.717, 1.165) is 18.4 Å². The number of halogens is 3. The number of rotatable bonds is 11. The van der Waals surface area contributed by atoms with E-state index in [2.05, 4.69) is 5.32 Å². The zero-order valence-corrected chi connectivity index (χ0v) is 18.9. The number of ketones is 1. The number of hydrogen-bond acceptors (Lipinski definition) is 4. The highest BCUT2D eigenvalue weighted by atomic mass is 35.5. The van der Waals surface area contributed by atoms with E-state index in [1.165, 1.54) is 12.2 Å². The van der Waals surface area contributed by atoms with E-state index >= 15 is 0 Å². The van der Waals surface area contributed by atoms with Gasteiger partial charge in [-0.25, -0.2) is 0 Å². The first kappa shape index (κ1) is 24.5. The molecule has 0 saturated carbocycles. The summed E-state index contributed by atoms with van der Waals surface area (Å²) >= 11 is 16.9. The third kappa shape index (κ3) is 8.15. The molecule has 1 aliphatic rings. The zero-order chi connectivity index (χ0) is 21.9. The van der Waals surface area contributed by atoms with Gasteiger partial charge in [0.25, 0.3) is 5.91 Å². The summed E-state index contributed by atoms with van der Waals surface area (Å²) in [7, 11) is 0. The van der Waals surface area contributed by atoms with Gasteiger partial charge in [-0.1, -0.05) is 41.7 Å². The Bertz CT molecular complexity index is 827. The maximum absolute atomic E-state index is 12.2. The second-order valence-electron chi connectivity index (χ2n) is 6.52. The predicted molar refractivity (Wildman–Crippen MR) is 120 cm³/mol. The van der Waals surface area contributed by atoms with Crippen molar-refractivity contribution in [2.45, 2.75) is 32.3 Å². The van der Waals surface area contributed by atoms with Crippen LogP contribution in [-0.2, 0) is 14.3 Å². The lowest BCUT2D eigenvalue weighted by molar-refractivity contribution is -0.122. The second-order valence-corrected chi connectivity index (χ2v) is 7.97. The van der Waals surface area contributed by atoms with Gasteiger partial charge in [0.15, 0.2) is 5.78 Å². The van der Waals surface area contributed by atoms with Gasteiger partial charge in [0.05, 0.1) is 13.2 Å². The molecule has 0 fully saturated rings. The van der Waals surface area contributed by atoms with Crippen LogP contribution in [0.2, 0.25) is 5.02 Å². The van der Waals surface area contributed by atoms with Crippen LogP contribution in [0.5, 0.6) is 0 Å². The van der Waals surface area contributed by atoms with Crippen molar-refractivity contribution in [3.8, 4) is 0 Å². The second kappa shape index (κ2) is 12.8. The van der Waals surface area contributed by atoms with Crippen molar-refractivity contribution in [1.29, 1.82) is 0 Å². The van der Waals surface area contributed by atoms with Crippen LogP contribution in [0.1, 0.15) is 36.5 Å². The molecule has 1 aromatic rings. The van der Waals surface area contributed by atoms with Gasteiger partial charge < -0.3 is 14.8 Å². The van der Waals surface area contributed by atoms with Crippen LogP contribution in [0.15, 0.2) is 58.3 Å². The first-order chi connectivity index (χ1) is 14.4. The summed E-state index contributed by atoms with van der Waals surface area (Å²) in [6.07, 6.45) is 6.25. The van der Waals surface area contributed by atoms with Crippen LogP contribution in [0.4, 0.5) is 0 Å². The van der Waals surface area contributed by atoms with Crippen molar-refractivity contribution in [3.63, 3.8) is 0 Å². The van der Waals surface area contributed by atoms with E-state index in [9.17, 15) is 9.59 Å². The van der Waals surface area contributed by atoms with E-state index in [0.29, 0.717) is 35.9 Å². The minimum absolute atomic E-state index is 0.0990. The van der Waals surface area contributed by atoms with Crippen molar-refractivity contribution in [2.24, 2.45) is 0 Å². The molecule has 0 aliphatic heterocycles. The van der Waals surface area contributed by atoms with Gasteiger partial charge >= 0.3 is 0 Å². The molecule has 1 unspecified atom stereocenters. The fourth-order valence-corrected chi connectivity index (χ4v) is 2.99. The number of benzene rings is 1. The van der Waals surface area contributed by atoms with Crippen molar-refractivity contribution in [3.05, 3.63) is 68.9 Å². The maximum Gasteiger partial charge on any atom is 0.251 e. The third-order valence-electron chi connectivity index (χ3n) is 4.34. The Morgan fingerprint density at radius 1 is 1.20 bits per heavy atom. The number of unbranched alkanes of at least 4 members (excludes halogenated alkanes) is 1. The summed E-state index contributed by atoms with van der Waals surface area (Å²) in [4.78, 5) is 24.3. The molecule has 5 nitrogen and oxygen atoms in total. The molecule has 1 amide bonds. The molecule has 162 valence electrons. The predicted octanol–water partition coefficient (Wildman–Crippen LogP) is 5.37. The first-order valence-electron chi connectivity index (χ1n) is 9.66. The molecule has 0 saturated heterocycles. The van der Waals surface area contributed by atoms with E-state index in [1.54, 1.807) is 30.3 Å². The topological polar surface area (TPSA) is 64.6 Å². The Morgan fingerprint density at radius 3 is 2.60 bits per heavy atom. The number of hydrogen-bond donors (Lipinski definition) is 1. The third-order valence-corrected chi connectivity index (χ3v) is 4.90. The summed E-state index contributed by atoms with van der Waals surface area (Å²) in [6.45, 7) is 3.12. The largest absolute Gasteiger partial charge is 0.493 e. The minimum atomic E-state index is -0.667. The smallest absolute Gasteiger partial charge is 0.251 e. The normalized spacial score (nSPS) is 15.9. The Labute approximate surface area is 191 Å². The van der Waals surface area contributed by atoms with Crippen molar-refractivity contribution < 1.29 is 19.1 Å². The molecular formula is C22H24Cl3NO4. The summed E-state index contributed by atoms with van der Waals surface area (Å²) < 4.78 is 11.4. The minimum Gasteiger partial charge on any atom is -0.493 e. The quantitative estimate of drug-likeness (QED) is 0.440. The van der Waals surface area contributed by atoms with Gasteiger partial charge in [-0.3, -0.25) is 9.59 Å². The number of amides is 1. The summed E-state index contributed by atoms with van der Waals surface area (Å²) in [5, 5.41) is 3.45. The Hall–Kier alpha value is -1.79. The van der Waals surface area contributed by atoms with Gasteiger partial charge in [0.2, 0.25) is 0 Å². The molecule has 2 rings (SSSR count). The van der Waals surface area contributed by atoms with E-state index in [-0.39, 0.29) is 22.8 Å². The fraction of sp³-hybridized carbons (Fsp3) is 0.364. The lowest BCUT2D eigenvalue weighted by atomic mass is 10.00. The SMILES string of the molecule is CCC1=CC(OCC=C(Cl)Cl)C(=O)C=C1OCCCCNC(=O)c1ccc(Cl)cc1. The summed E-state index contributed by atoms with van der Waals surface area (Å²) in [5.74, 6) is 0.246. The zero-order valence-electron chi connectivity index (χ0n) is 16.6. The van der Waals surface area contributed by atoms with Crippen LogP contribution in [0.25, 0.3) is 0 Å². The lowest BCUT2D eigenvalue weighted by Gasteiger charge is -2.21. The molecule has 1 atom stereocenters. The highest BCUT2D eigenvalue weighted by molar-refractivity contribution is 6.55. The Morgan fingerprint density at radius 2 is 1.93 bits per heavy atom. The van der Waals surface area contributed by atoms with Gasteiger partial charge in [0.1, 0.15) is 16.4 Å². The van der Waals surface area contributed by atoms with E-state index < -0.39 is 6.10 Å². The Kier molecular flexibility index (Phi) is 10.4. The highest BCUT2D eigenvalue weighted by Gasteiger charge is 2.23. The van der Waals surface area contributed by atoms with Crippen LogP contribution in [0, 0.1) is 0 Å². The van der Waals surface area contributed by atoms with Crippen molar-refractivity contribution in [1.82, 2.24) is 5.32 Å². The van der Waals surface area contributed by atoms with Crippen molar-refractivity contribution >= 4 is 46.5 Å². The van der Waals surface area contributed by atoms with Gasteiger partial charge in [-0.2, -0.15) is 0 Å². The van der Waals surface area contributed by atoms with Gasteiger partial charge in [0, 0.05) is 23.2 Å². The molecule has 1 aliphatic carbocycles. The molecule has 1 aromatic carbocycles. The van der Waals surface area contributed by atoms with E-state index in [1.807, 2.05) is 6.92 Å². The maximum atomic E-state index is 12.2. The fourth-order valence-electron chi connectivity index (χ4n) is 2.74. The number of carbonyl (C=O) groups is 2. The van der Waals surface area contributed by atoms with Crippen molar-refractivity contribution in [2.75, 3.05) is 19.8 Å². The molecule has 1 N–H and O–H groups in total. The Balaban J connectivity index is 1.71. The molecule has 0 bridgehead atoms. The summed E-state index contributed by atoms with van der Waals surface area (Å²) in [6, 6.07) is 6.73. The molecule has 0 aromatic heterocycles. The standard InChI is InChI=1S/C22H24Cl3NO4/c1-2-15-13-20(30-12-9-21(24)25)18(27)14-19(15)29-11-4-3-10-26-22(28)16-5-7-17(23)8-6-16/h5-9,13-14,20H,2-4,10-12H2,1H3,(H,26,28). The molecule has 30 heavy (non-hydrogen) atoms. The summed E-state index contributed by atoms with van der Waals surface area (Å²) in [5.41, 5.74) is 1.48. The highest BCUT2D eigenvalue weighted by Crippen LogP contribution is 2.23. The monoisotopic (exact) mass is 471 g/mol. The van der Waals surface area contributed by atoms with Crippen LogP contribution < -0.4 is 5.32 Å². The molecule has 0 heterocycles.